The molecule has 200 valence electrons. The van der Waals surface area contributed by atoms with Gasteiger partial charge in [-0.3, -0.25) is 0 Å². The summed E-state index contributed by atoms with van der Waals surface area (Å²) in [5.74, 6) is 2.02. The number of sulfonamides is 1. The highest BCUT2D eigenvalue weighted by Gasteiger charge is 2.39. The van der Waals surface area contributed by atoms with Crippen molar-refractivity contribution in [1.82, 2.24) is 23.9 Å². The molecule has 0 saturated carbocycles. The van der Waals surface area contributed by atoms with Crippen LogP contribution in [0, 0.1) is 0 Å². The number of ether oxygens (including phenoxy) is 2. The SMILES string of the molecule is COc1ccc(-c2cnc3ncnn3c2N2CCN(S(=O)(=O)c3ccccc3C(F)(F)F)CC2)cc1OC. The van der Waals surface area contributed by atoms with Gasteiger partial charge in [-0.2, -0.15) is 32.1 Å². The molecule has 0 radical (unpaired) electrons. The van der Waals surface area contributed by atoms with E-state index in [1.165, 1.54) is 32.7 Å². The van der Waals surface area contributed by atoms with Gasteiger partial charge in [0.2, 0.25) is 10.0 Å². The first-order chi connectivity index (χ1) is 18.1. The molecule has 2 aromatic heterocycles. The van der Waals surface area contributed by atoms with E-state index >= 15 is 0 Å². The lowest BCUT2D eigenvalue weighted by Crippen LogP contribution is -2.49. The van der Waals surface area contributed by atoms with E-state index in [1.807, 2.05) is 11.0 Å². The molecule has 0 atom stereocenters. The maximum Gasteiger partial charge on any atom is 0.417 e. The Bertz CT molecular complexity index is 1580. The van der Waals surface area contributed by atoms with Gasteiger partial charge < -0.3 is 14.4 Å². The van der Waals surface area contributed by atoms with Crippen LogP contribution in [0.3, 0.4) is 0 Å². The van der Waals surface area contributed by atoms with Crippen LogP contribution in [0.5, 0.6) is 11.5 Å². The van der Waals surface area contributed by atoms with Crippen LogP contribution in [0.2, 0.25) is 0 Å². The average Bonchev–Trinajstić information content (AvgIpc) is 3.41. The minimum absolute atomic E-state index is 0.0294. The molecule has 1 saturated heterocycles. The largest absolute Gasteiger partial charge is 0.493 e. The summed E-state index contributed by atoms with van der Waals surface area (Å²) in [5, 5.41) is 4.30. The zero-order valence-electron chi connectivity index (χ0n) is 20.4. The number of aromatic nitrogens is 4. The van der Waals surface area contributed by atoms with Crippen LogP contribution in [-0.4, -0.2) is 72.7 Å². The van der Waals surface area contributed by atoms with E-state index in [0.29, 0.717) is 28.7 Å². The van der Waals surface area contributed by atoms with E-state index in [-0.39, 0.29) is 26.2 Å². The van der Waals surface area contributed by atoms with Gasteiger partial charge in [-0.05, 0) is 29.8 Å². The average molecular weight is 549 g/mol. The number of alkyl halides is 3. The van der Waals surface area contributed by atoms with Crippen molar-refractivity contribution in [1.29, 1.82) is 0 Å². The molecule has 0 unspecified atom stereocenters. The van der Waals surface area contributed by atoms with Crippen LogP contribution >= 0.6 is 0 Å². The quantitative estimate of drug-likeness (QED) is 0.362. The van der Waals surface area contributed by atoms with Crippen molar-refractivity contribution in [3.8, 4) is 22.6 Å². The summed E-state index contributed by atoms with van der Waals surface area (Å²) in [6, 6.07) is 9.59. The Hall–Kier alpha value is -3.91. The van der Waals surface area contributed by atoms with Gasteiger partial charge in [0.15, 0.2) is 11.5 Å². The topological polar surface area (TPSA) is 102 Å². The number of nitrogens with zero attached hydrogens (tertiary/aromatic N) is 6. The fraction of sp³-hybridized carbons (Fsp3) is 0.292. The van der Waals surface area contributed by atoms with Gasteiger partial charge in [-0.15, -0.1) is 0 Å². The normalized spacial score (nSPS) is 15.1. The highest BCUT2D eigenvalue weighted by atomic mass is 32.2. The summed E-state index contributed by atoms with van der Waals surface area (Å²) >= 11 is 0. The van der Waals surface area contributed by atoms with Gasteiger partial charge in [0.05, 0.1) is 24.7 Å². The first-order valence-electron chi connectivity index (χ1n) is 11.5. The van der Waals surface area contributed by atoms with E-state index in [2.05, 4.69) is 15.1 Å². The molecule has 38 heavy (non-hydrogen) atoms. The zero-order valence-corrected chi connectivity index (χ0v) is 21.2. The van der Waals surface area contributed by atoms with E-state index in [9.17, 15) is 21.6 Å². The highest BCUT2D eigenvalue weighted by molar-refractivity contribution is 7.89. The predicted molar refractivity (Wildman–Crippen MR) is 132 cm³/mol. The summed E-state index contributed by atoms with van der Waals surface area (Å²) in [6.45, 7) is 0.343. The van der Waals surface area contributed by atoms with Crippen LogP contribution in [-0.2, 0) is 16.2 Å². The molecule has 0 spiro atoms. The molecule has 10 nitrogen and oxygen atoms in total. The van der Waals surface area contributed by atoms with Crippen molar-refractivity contribution in [2.45, 2.75) is 11.1 Å². The fourth-order valence-corrected chi connectivity index (χ4v) is 6.12. The van der Waals surface area contributed by atoms with Crippen LogP contribution in [0.25, 0.3) is 16.9 Å². The first kappa shape index (κ1) is 25.7. The summed E-state index contributed by atoms with van der Waals surface area (Å²) in [7, 11) is -1.32. The van der Waals surface area contributed by atoms with Gasteiger partial charge in [0.1, 0.15) is 12.1 Å². The number of hydrogen-bond acceptors (Lipinski definition) is 8. The van der Waals surface area contributed by atoms with E-state index < -0.39 is 26.7 Å². The maximum absolute atomic E-state index is 13.5. The van der Waals surface area contributed by atoms with Gasteiger partial charge in [0, 0.05) is 37.9 Å². The molecule has 1 aliphatic rings. The number of halogens is 3. The molecule has 3 heterocycles. The third-order valence-electron chi connectivity index (χ3n) is 6.32. The Balaban J connectivity index is 1.49. The third kappa shape index (κ3) is 4.49. The standard InChI is InChI=1S/C24H23F3N6O4S/c1-36-19-8-7-16(13-20(19)37-2)17-14-28-23-29-15-30-33(23)22(17)31-9-11-32(12-10-31)38(34,35)21-6-4-3-5-18(21)24(25,26)27/h3-8,13-15H,9-12H2,1-2H3. The molecular formula is C24H23F3N6O4S. The molecule has 1 fully saturated rings. The second-order valence-corrected chi connectivity index (χ2v) is 10.3. The van der Waals surface area contributed by atoms with Crippen molar-refractivity contribution < 1.29 is 31.1 Å². The van der Waals surface area contributed by atoms with Crippen LogP contribution in [0.4, 0.5) is 19.0 Å². The fourth-order valence-electron chi connectivity index (χ4n) is 4.48. The van der Waals surface area contributed by atoms with Crippen LogP contribution in [0.15, 0.2) is 59.9 Å². The second kappa shape index (κ2) is 9.76. The minimum Gasteiger partial charge on any atom is -0.493 e. The number of methoxy groups -OCH3 is 2. The van der Waals surface area contributed by atoms with Crippen molar-refractivity contribution in [3.05, 3.63) is 60.6 Å². The summed E-state index contributed by atoms with van der Waals surface area (Å²) in [6.07, 6.45) is -1.79. The number of rotatable bonds is 6. The van der Waals surface area contributed by atoms with Crippen molar-refractivity contribution in [3.63, 3.8) is 0 Å². The van der Waals surface area contributed by atoms with E-state index in [4.69, 9.17) is 9.47 Å². The predicted octanol–water partition coefficient (Wildman–Crippen LogP) is 3.34. The van der Waals surface area contributed by atoms with Crippen molar-refractivity contribution >= 4 is 21.6 Å². The molecule has 1 aliphatic heterocycles. The van der Waals surface area contributed by atoms with Crippen molar-refractivity contribution in [2.24, 2.45) is 0 Å². The molecular weight excluding hydrogens is 525 g/mol. The maximum atomic E-state index is 13.5. The summed E-state index contributed by atoms with van der Waals surface area (Å²) in [4.78, 5) is 9.69. The monoisotopic (exact) mass is 548 g/mol. The van der Waals surface area contributed by atoms with Gasteiger partial charge >= 0.3 is 6.18 Å². The second-order valence-electron chi connectivity index (χ2n) is 8.42. The van der Waals surface area contributed by atoms with Crippen LogP contribution < -0.4 is 14.4 Å². The number of benzene rings is 2. The molecule has 0 aliphatic carbocycles. The Morgan fingerprint density at radius 3 is 2.32 bits per heavy atom. The van der Waals surface area contributed by atoms with Crippen LogP contribution in [0.1, 0.15) is 5.56 Å². The zero-order chi connectivity index (χ0) is 27.1. The number of fused-ring (bicyclic) bond motifs is 1. The molecule has 5 rings (SSSR count). The van der Waals surface area contributed by atoms with Gasteiger partial charge in [0.25, 0.3) is 5.78 Å². The number of piperazine rings is 1. The molecule has 0 N–H and O–H groups in total. The molecule has 2 aromatic carbocycles. The summed E-state index contributed by atoms with van der Waals surface area (Å²) in [5.41, 5.74) is 0.246. The Kier molecular flexibility index (Phi) is 6.61. The van der Waals surface area contributed by atoms with Gasteiger partial charge in [-0.1, -0.05) is 18.2 Å². The van der Waals surface area contributed by atoms with E-state index in [1.54, 1.807) is 22.8 Å². The molecule has 4 aromatic rings. The Morgan fingerprint density at radius 2 is 1.63 bits per heavy atom. The number of hydrogen-bond donors (Lipinski definition) is 0. The van der Waals surface area contributed by atoms with Crippen molar-refractivity contribution in [2.75, 3.05) is 45.3 Å². The van der Waals surface area contributed by atoms with Gasteiger partial charge in [-0.25, -0.2) is 13.4 Å². The lowest BCUT2D eigenvalue weighted by molar-refractivity contribution is -0.139. The lowest BCUT2D eigenvalue weighted by Gasteiger charge is -2.36. The Morgan fingerprint density at radius 1 is 0.921 bits per heavy atom. The molecule has 0 amide bonds. The summed E-state index contributed by atoms with van der Waals surface area (Å²) < 4.78 is 80.4. The third-order valence-corrected chi connectivity index (χ3v) is 8.28. The Labute approximate surface area is 216 Å². The number of anilines is 1. The highest BCUT2D eigenvalue weighted by Crippen LogP contribution is 2.38. The minimum atomic E-state index is -4.80. The molecule has 14 heteroatoms. The first-order valence-corrected chi connectivity index (χ1v) is 12.9. The smallest absolute Gasteiger partial charge is 0.417 e. The van der Waals surface area contributed by atoms with E-state index in [0.717, 1.165) is 22.0 Å². The molecule has 0 bridgehead atoms. The lowest BCUT2D eigenvalue weighted by atomic mass is 10.1.